The van der Waals surface area contributed by atoms with Crippen LogP contribution in [0.3, 0.4) is 0 Å². The molecule has 88 valence electrons. The molecule has 0 amide bonds. The summed E-state index contributed by atoms with van der Waals surface area (Å²) in [6, 6.07) is 7.75. The van der Waals surface area contributed by atoms with Gasteiger partial charge in [-0.3, -0.25) is 0 Å². The summed E-state index contributed by atoms with van der Waals surface area (Å²) in [5, 5.41) is 9.15. The Bertz CT molecular complexity index is 538. The Balaban J connectivity index is 2.63. The Labute approximate surface area is 97.3 Å². The molecule has 0 spiro atoms. The van der Waals surface area contributed by atoms with Crippen LogP contribution in [0.2, 0.25) is 0 Å². The fourth-order valence-corrected chi connectivity index (χ4v) is 1.71. The second-order valence-corrected chi connectivity index (χ2v) is 3.69. The Morgan fingerprint density at radius 1 is 1.41 bits per heavy atom. The number of hydrogen-bond acceptors (Lipinski definition) is 2. The van der Waals surface area contributed by atoms with E-state index < -0.39 is 11.6 Å². The minimum atomic E-state index is -2.63. The number of alkyl halides is 1. The van der Waals surface area contributed by atoms with Gasteiger partial charge in [0.2, 0.25) is 0 Å². The lowest BCUT2D eigenvalue weighted by Gasteiger charge is -2.20. The van der Waals surface area contributed by atoms with Crippen molar-refractivity contribution in [2.75, 3.05) is 0 Å². The first-order valence-electron chi connectivity index (χ1n) is 5.02. The number of carbonyl (C=O) groups is 1. The lowest BCUT2D eigenvalue weighted by atomic mass is 9.95. The van der Waals surface area contributed by atoms with E-state index in [0.29, 0.717) is 0 Å². The molecule has 1 unspecified atom stereocenters. The number of hydrogen-bond donors (Lipinski definition) is 1. The quantitative estimate of drug-likeness (QED) is 0.879. The zero-order valence-electron chi connectivity index (χ0n) is 9.17. The number of benzene rings is 1. The number of rotatable bonds is 3. The fraction of sp³-hybridized carbons (Fsp3) is 0.167. The summed E-state index contributed by atoms with van der Waals surface area (Å²) in [6.07, 6.45) is 2.88. The summed E-state index contributed by atoms with van der Waals surface area (Å²) in [5.41, 5.74) is -2.57. The number of nitrogens with zero attached hydrogens (tertiary/aromatic N) is 2. The average molecular weight is 234 g/mol. The van der Waals surface area contributed by atoms with Crippen molar-refractivity contribution in [2.45, 2.75) is 5.67 Å². The van der Waals surface area contributed by atoms with Crippen LogP contribution < -0.4 is 0 Å². The Hall–Kier alpha value is -2.17. The molecule has 17 heavy (non-hydrogen) atoms. The highest BCUT2D eigenvalue weighted by molar-refractivity contribution is 5.82. The SMILES string of the molecule is Cn1ccnc1C(F)(C(=O)O)c1ccccc1. The number of imidazole rings is 1. The van der Waals surface area contributed by atoms with Crippen molar-refractivity contribution < 1.29 is 14.3 Å². The number of halogens is 1. The van der Waals surface area contributed by atoms with E-state index in [1.165, 1.54) is 29.1 Å². The second-order valence-electron chi connectivity index (χ2n) is 3.69. The summed E-state index contributed by atoms with van der Waals surface area (Å²) in [6.45, 7) is 0. The molecular weight excluding hydrogens is 223 g/mol. The van der Waals surface area contributed by atoms with Crippen LogP contribution in [0.4, 0.5) is 4.39 Å². The summed E-state index contributed by atoms with van der Waals surface area (Å²) in [5.74, 6) is -1.71. The monoisotopic (exact) mass is 234 g/mol. The van der Waals surface area contributed by atoms with Crippen LogP contribution in [0.15, 0.2) is 42.7 Å². The molecule has 0 aliphatic heterocycles. The standard InChI is InChI=1S/C12H11FN2O2/c1-15-8-7-14-10(15)12(13,11(16)17)9-5-3-2-4-6-9/h2-8H,1H3,(H,16,17). The topological polar surface area (TPSA) is 55.1 Å². The van der Waals surface area contributed by atoms with Crippen molar-refractivity contribution in [2.24, 2.45) is 7.05 Å². The van der Waals surface area contributed by atoms with Gasteiger partial charge < -0.3 is 9.67 Å². The normalized spacial score (nSPS) is 14.2. The maximum Gasteiger partial charge on any atom is 0.354 e. The molecule has 0 radical (unpaired) electrons. The third-order valence-electron chi connectivity index (χ3n) is 2.60. The maximum atomic E-state index is 14.8. The maximum absolute atomic E-state index is 14.8. The molecule has 0 saturated heterocycles. The zero-order chi connectivity index (χ0) is 12.5. The van der Waals surface area contributed by atoms with Gasteiger partial charge in [0.1, 0.15) is 0 Å². The first-order valence-corrected chi connectivity index (χ1v) is 5.02. The molecule has 0 fully saturated rings. The van der Waals surface area contributed by atoms with Gasteiger partial charge in [0.25, 0.3) is 5.67 Å². The molecule has 1 aromatic heterocycles. The van der Waals surface area contributed by atoms with Crippen LogP contribution in [0.25, 0.3) is 0 Å². The van der Waals surface area contributed by atoms with Gasteiger partial charge in [-0.25, -0.2) is 14.2 Å². The molecule has 2 aromatic rings. The van der Waals surface area contributed by atoms with E-state index in [-0.39, 0.29) is 11.4 Å². The van der Waals surface area contributed by atoms with Gasteiger partial charge in [-0.15, -0.1) is 0 Å². The van der Waals surface area contributed by atoms with Crippen molar-refractivity contribution in [1.29, 1.82) is 0 Å². The fourth-order valence-electron chi connectivity index (χ4n) is 1.71. The summed E-state index contributed by atoms with van der Waals surface area (Å²) in [7, 11) is 1.56. The van der Waals surface area contributed by atoms with Crippen molar-refractivity contribution >= 4 is 5.97 Å². The molecular formula is C12H11FN2O2. The van der Waals surface area contributed by atoms with Crippen LogP contribution in [0.5, 0.6) is 0 Å². The molecule has 1 atom stereocenters. The highest BCUT2D eigenvalue weighted by Gasteiger charge is 2.46. The smallest absolute Gasteiger partial charge is 0.354 e. The van der Waals surface area contributed by atoms with Crippen molar-refractivity contribution in [3.63, 3.8) is 0 Å². The van der Waals surface area contributed by atoms with Crippen LogP contribution in [0.1, 0.15) is 11.4 Å². The summed E-state index contributed by atoms with van der Waals surface area (Å²) in [4.78, 5) is 15.0. The minimum Gasteiger partial charge on any atom is -0.478 e. The Kier molecular flexibility index (Phi) is 2.67. The lowest BCUT2D eigenvalue weighted by molar-refractivity contribution is -0.149. The van der Waals surface area contributed by atoms with E-state index >= 15 is 0 Å². The van der Waals surface area contributed by atoms with E-state index in [0.717, 1.165) is 0 Å². The molecule has 0 bridgehead atoms. The van der Waals surface area contributed by atoms with Gasteiger partial charge in [0.15, 0.2) is 5.82 Å². The van der Waals surface area contributed by atoms with E-state index in [9.17, 15) is 9.18 Å². The van der Waals surface area contributed by atoms with E-state index in [2.05, 4.69) is 4.98 Å². The lowest BCUT2D eigenvalue weighted by Crippen LogP contribution is -2.35. The molecule has 2 rings (SSSR count). The predicted molar refractivity (Wildman–Crippen MR) is 59.2 cm³/mol. The van der Waals surface area contributed by atoms with Gasteiger partial charge in [0, 0.05) is 25.0 Å². The predicted octanol–water partition coefficient (Wildman–Crippen LogP) is 1.72. The third kappa shape index (κ3) is 1.69. The summed E-state index contributed by atoms with van der Waals surface area (Å²) < 4.78 is 16.2. The van der Waals surface area contributed by atoms with E-state index in [1.807, 2.05) is 0 Å². The van der Waals surface area contributed by atoms with E-state index in [1.54, 1.807) is 25.2 Å². The van der Waals surface area contributed by atoms with Crippen LogP contribution >= 0.6 is 0 Å². The van der Waals surface area contributed by atoms with Gasteiger partial charge in [-0.2, -0.15) is 0 Å². The zero-order valence-corrected chi connectivity index (χ0v) is 9.17. The largest absolute Gasteiger partial charge is 0.478 e. The number of aromatic nitrogens is 2. The van der Waals surface area contributed by atoms with Crippen molar-refractivity contribution in [3.05, 3.63) is 54.1 Å². The molecule has 1 aromatic carbocycles. The van der Waals surface area contributed by atoms with Crippen LogP contribution in [-0.2, 0) is 17.5 Å². The Morgan fingerprint density at radius 2 is 2.06 bits per heavy atom. The first-order chi connectivity index (χ1) is 8.06. The first kappa shape index (κ1) is 11.3. The molecule has 1 heterocycles. The Morgan fingerprint density at radius 3 is 2.53 bits per heavy atom. The van der Waals surface area contributed by atoms with Gasteiger partial charge in [0.05, 0.1) is 0 Å². The minimum absolute atomic E-state index is 0.0572. The molecule has 1 N–H and O–H groups in total. The van der Waals surface area contributed by atoms with Crippen LogP contribution in [0, 0.1) is 0 Å². The number of carboxylic acids is 1. The van der Waals surface area contributed by atoms with E-state index in [4.69, 9.17) is 5.11 Å². The van der Waals surface area contributed by atoms with Gasteiger partial charge in [-0.1, -0.05) is 30.3 Å². The number of carboxylic acid groups (broad SMARTS) is 1. The molecule has 0 aliphatic rings. The molecule has 4 nitrogen and oxygen atoms in total. The highest BCUT2D eigenvalue weighted by Crippen LogP contribution is 2.32. The highest BCUT2D eigenvalue weighted by atomic mass is 19.1. The molecule has 0 aliphatic carbocycles. The van der Waals surface area contributed by atoms with Crippen LogP contribution in [-0.4, -0.2) is 20.6 Å². The second kappa shape index (κ2) is 4.01. The molecule has 0 saturated carbocycles. The van der Waals surface area contributed by atoms with Crippen molar-refractivity contribution in [1.82, 2.24) is 9.55 Å². The van der Waals surface area contributed by atoms with Gasteiger partial charge in [-0.05, 0) is 0 Å². The average Bonchev–Trinajstić information content (AvgIpc) is 2.76. The number of aryl methyl sites for hydroxylation is 1. The van der Waals surface area contributed by atoms with Gasteiger partial charge >= 0.3 is 5.97 Å². The summed E-state index contributed by atoms with van der Waals surface area (Å²) >= 11 is 0. The third-order valence-corrected chi connectivity index (χ3v) is 2.60. The van der Waals surface area contributed by atoms with Crippen molar-refractivity contribution in [3.8, 4) is 0 Å². The molecule has 5 heteroatoms. The number of aliphatic carboxylic acids is 1.